The van der Waals surface area contributed by atoms with Crippen LogP contribution in [0.5, 0.6) is 0 Å². The van der Waals surface area contributed by atoms with E-state index in [-0.39, 0.29) is 0 Å². The average Bonchev–Trinajstić information content (AvgIpc) is 2.82. The lowest BCUT2D eigenvalue weighted by molar-refractivity contribution is 0.448. The van der Waals surface area contributed by atoms with E-state index >= 15 is 0 Å². The summed E-state index contributed by atoms with van der Waals surface area (Å²) in [6.07, 6.45) is 6.71. The molecule has 1 N–H and O–H groups in total. The molecule has 1 aliphatic rings. The molecule has 0 aromatic heterocycles. The number of hydrogen-bond acceptors (Lipinski definition) is 1. The minimum atomic E-state index is 0.595. The summed E-state index contributed by atoms with van der Waals surface area (Å²) in [4.78, 5) is 0. The van der Waals surface area contributed by atoms with E-state index in [1.54, 1.807) is 0 Å². The van der Waals surface area contributed by atoms with Crippen LogP contribution in [-0.2, 0) is 6.42 Å². The van der Waals surface area contributed by atoms with Crippen molar-refractivity contribution in [3.05, 3.63) is 35.4 Å². The Balaban J connectivity index is 1.84. The van der Waals surface area contributed by atoms with E-state index in [9.17, 15) is 0 Å². The molecule has 0 aliphatic heterocycles. The van der Waals surface area contributed by atoms with Gasteiger partial charge in [-0.3, -0.25) is 0 Å². The maximum absolute atomic E-state index is 3.76. The Bertz CT molecular complexity index is 346. The monoisotopic (exact) mass is 245 g/mol. The number of benzene rings is 1. The smallest absolute Gasteiger partial charge is 0.00817 e. The van der Waals surface area contributed by atoms with E-state index in [4.69, 9.17) is 0 Å². The third kappa shape index (κ3) is 3.84. The van der Waals surface area contributed by atoms with Crippen molar-refractivity contribution in [2.75, 3.05) is 0 Å². The molecule has 1 nitrogen and oxygen atoms in total. The molecule has 0 saturated heterocycles. The van der Waals surface area contributed by atoms with Gasteiger partial charge in [-0.1, -0.05) is 51.0 Å². The standard InChI is InChI=1S/C17H27N/c1-13(2)16-10-8-15(9-11-16)12-14(3)18-17-6-4-5-7-17/h8-11,13-14,17-18H,4-7,12H2,1-3H3. The second kappa shape index (κ2) is 6.38. The predicted octanol–water partition coefficient (Wildman–Crippen LogP) is 4.27. The fourth-order valence-corrected chi connectivity index (χ4v) is 2.95. The lowest BCUT2D eigenvalue weighted by Crippen LogP contribution is -2.35. The fourth-order valence-electron chi connectivity index (χ4n) is 2.95. The van der Waals surface area contributed by atoms with E-state index in [1.165, 1.54) is 36.8 Å². The molecule has 0 amide bonds. The Labute approximate surface area is 112 Å². The SMILES string of the molecule is CC(Cc1ccc(C(C)C)cc1)NC1CCCC1. The maximum atomic E-state index is 3.76. The molecule has 1 heteroatoms. The highest BCUT2D eigenvalue weighted by atomic mass is 14.9. The summed E-state index contributed by atoms with van der Waals surface area (Å²) in [5, 5.41) is 3.76. The molecule has 1 saturated carbocycles. The van der Waals surface area contributed by atoms with Gasteiger partial charge in [0.2, 0.25) is 0 Å². The van der Waals surface area contributed by atoms with Crippen molar-refractivity contribution in [1.82, 2.24) is 5.32 Å². The fraction of sp³-hybridized carbons (Fsp3) is 0.647. The van der Waals surface area contributed by atoms with Crippen molar-refractivity contribution in [2.45, 2.75) is 70.9 Å². The molecular weight excluding hydrogens is 218 g/mol. The lowest BCUT2D eigenvalue weighted by atomic mass is 9.99. The molecule has 1 unspecified atom stereocenters. The van der Waals surface area contributed by atoms with Crippen LogP contribution in [0, 0.1) is 0 Å². The average molecular weight is 245 g/mol. The van der Waals surface area contributed by atoms with E-state index in [0.29, 0.717) is 12.0 Å². The van der Waals surface area contributed by atoms with Gasteiger partial charge in [0.15, 0.2) is 0 Å². The summed E-state index contributed by atoms with van der Waals surface area (Å²) >= 11 is 0. The van der Waals surface area contributed by atoms with Gasteiger partial charge in [0.05, 0.1) is 0 Å². The van der Waals surface area contributed by atoms with E-state index in [1.807, 2.05) is 0 Å². The molecule has 1 fully saturated rings. The highest BCUT2D eigenvalue weighted by molar-refractivity contribution is 5.25. The highest BCUT2D eigenvalue weighted by Gasteiger charge is 2.16. The van der Waals surface area contributed by atoms with Crippen molar-refractivity contribution in [1.29, 1.82) is 0 Å². The zero-order valence-corrected chi connectivity index (χ0v) is 12.1. The summed E-state index contributed by atoms with van der Waals surface area (Å²) in [5.74, 6) is 0.632. The van der Waals surface area contributed by atoms with Gasteiger partial charge in [-0.25, -0.2) is 0 Å². The van der Waals surface area contributed by atoms with Gasteiger partial charge >= 0.3 is 0 Å². The Hall–Kier alpha value is -0.820. The summed E-state index contributed by atoms with van der Waals surface area (Å²) in [5.41, 5.74) is 2.90. The van der Waals surface area contributed by atoms with Crippen molar-refractivity contribution in [3.63, 3.8) is 0 Å². The van der Waals surface area contributed by atoms with Gasteiger partial charge in [-0.2, -0.15) is 0 Å². The third-order valence-corrected chi connectivity index (χ3v) is 4.06. The van der Waals surface area contributed by atoms with Crippen molar-refractivity contribution in [2.24, 2.45) is 0 Å². The molecular formula is C17H27N. The van der Waals surface area contributed by atoms with E-state index in [2.05, 4.69) is 50.4 Å². The molecule has 2 rings (SSSR count). The van der Waals surface area contributed by atoms with Gasteiger partial charge in [0.25, 0.3) is 0 Å². The minimum absolute atomic E-state index is 0.595. The largest absolute Gasteiger partial charge is 0.311 e. The molecule has 0 bridgehead atoms. The highest BCUT2D eigenvalue weighted by Crippen LogP contribution is 2.19. The maximum Gasteiger partial charge on any atom is 0.00817 e. The molecule has 1 aromatic rings. The second-order valence-electron chi connectivity index (χ2n) is 6.15. The number of rotatable bonds is 5. The van der Waals surface area contributed by atoms with Gasteiger partial charge in [0, 0.05) is 12.1 Å². The first kappa shape index (κ1) is 13.6. The zero-order valence-electron chi connectivity index (χ0n) is 12.1. The first-order valence-electron chi connectivity index (χ1n) is 7.50. The van der Waals surface area contributed by atoms with Crippen LogP contribution >= 0.6 is 0 Å². The van der Waals surface area contributed by atoms with Crippen LogP contribution in [-0.4, -0.2) is 12.1 Å². The van der Waals surface area contributed by atoms with Gasteiger partial charge in [-0.05, 0) is 43.2 Å². The summed E-state index contributed by atoms with van der Waals surface area (Å²) in [6.45, 7) is 6.81. The van der Waals surface area contributed by atoms with Crippen LogP contribution < -0.4 is 5.32 Å². The topological polar surface area (TPSA) is 12.0 Å². The molecule has 1 aromatic carbocycles. The Morgan fingerprint density at radius 3 is 2.22 bits per heavy atom. The van der Waals surface area contributed by atoms with Crippen LogP contribution in [0.15, 0.2) is 24.3 Å². The van der Waals surface area contributed by atoms with Crippen LogP contribution in [0.2, 0.25) is 0 Å². The van der Waals surface area contributed by atoms with Crippen molar-refractivity contribution >= 4 is 0 Å². The predicted molar refractivity (Wildman–Crippen MR) is 79.1 cm³/mol. The van der Waals surface area contributed by atoms with Crippen molar-refractivity contribution < 1.29 is 0 Å². The number of nitrogens with one attached hydrogen (secondary N) is 1. The Kier molecular flexibility index (Phi) is 4.82. The number of hydrogen-bond donors (Lipinski definition) is 1. The molecule has 100 valence electrons. The van der Waals surface area contributed by atoms with Gasteiger partial charge in [-0.15, -0.1) is 0 Å². The quantitative estimate of drug-likeness (QED) is 0.816. The van der Waals surface area contributed by atoms with Gasteiger partial charge in [0.1, 0.15) is 0 Å². The lowest BCUT2D eigenvalue weighted by Gasteiger charge is -2.19. The molecule has 0 radical (unpaired) electrons. The van der Waals surface area contributed by atoms with E-state index < -0.39 is 0 Å². The van der Waals surface area contributed by atoms with Crippen molar-refractivity contribution in [3.8, 4) is 0 Å². The molecule has 1 atom stereocenters. The summed E-state index contributed by atoms with van der Waals surface area (Å²) in [7, 11) is 0. The minimum Gasteiger partial charge on any atom is -0.311 e. The first-order valence-corrected chi connectivity index (χ1v) is 7.50. The molecule has 18 heavy (non-hydrogen) atoms. The van der Waals surface area contributed by atoms with Crippen LogP contribution in [0.1, 0.15) is 63.5 Å². The normalized spacial score (nSPS) is 18.4. The zero-order chi connectivity index (χ0) is 13.0. The molecule has 0 heterocycles. The van der Waals surface area contributed by atoms with Crippen LogP contribution in [0.25, 0.3) is 0 Å². The molecule has 1 aliphatic carbocycles. The van der Waals surface area contributed by atoms with Gasteiger partial charge < -0.3 is 5.32 Å². The summed E-state index contributed by atoms with van der Waals surface area (Å²) < 4.78 is 0. The molecule has 0 spiro atoms. The van der Waals surface area contributed by atoms with Crippen LogP contribution in [0.3, 0.4) is 0 Å². The Morgan fingerprint density at radius 2 is 1.67 bits per heavy atom. The summed E-state index contributed by atoms with van der Waals surface area (Å²) in [6, 6.07) is 10.5. The Morgan fingerprint density at radius 1 is 1.06 bits per heavy atom. The van der Waals surface area contributed by atoms with Crippen LogP contribution in [0.4, 0.5) is 0 Å². The third-order valence-electron chi connectivity index (χ3n) is 4.06. The van der Waals surface area contributed by atoms with E-state index in [0.717, 1.165) is 12.5 Å². The first-order chi connectivity index (χ1) is 8.65. The second-order valence-corrected chi connectivity index (χ2v) is 6.15.